The monoisotopic (exact) mass is 278 g/mol. The van der Waals surface area contributed by atoms with Crippen LogP contribution in [0.5, 0.6) is 11.5 Å². The lowest BCUT2D eigenvalue weighted by Gasteiger charge is -2.08. The van der Waals surface area contributed by atoms with Crippen LogP contribution < -0.4 is 10.5 Å². The van der Waals surface area contributed by atoms with Gasteiger partial charge in [-0.2, -0.15) is 0 Å². The molecule has 0 aliphatic rings. The molecular formula is C13H11ClN2OS. The molecule has 0 atom stereocenters. The summed E-state index contributed by atoms with van der Waals surface area (Å²) in [6, 6.07) is 8.94. The van der Waals surface area contributed by atoms with Gasteiger partial charge in [-0.15, -0.1) is 0 Å². The lowest BCUT2D eigenvalue weighted by molar-refractivity contribution is 0.476. The van der Waals surface area contributed by atoms with E-state index in [4.69, 9.17) is 34.3 Å². The minimum atomic E-state index is 0.268. The Morgan fingerprint density at radius 2 is 2.11 bits per heavy atom. The average Bonchev–Trinajstić information content (AvgIpc) is 2.33. The molecule has 0 fully saturated rings. The summed E-state index contributed by atoms with van der Waals surface area (Å²) in [5, 5.41) is 0.682. The molecule has 0 saturated carbocycles. The predicted octanol–water partition coefficient (Wildman–Crippen LogP) is 3.47. The van der Waals surface area contributed by atoms with Crippen LogP contribution in [0.15, 0.2) is 36.5 Å². The van der Waals surface area contributed by atoms with E-state index in [-0.39, 0.29) is 4.99 Å². The number of thiocarbonyl (C=S) groups is 1. The van der Waals surface area contributed by atoms with Crippen LogP contribution in [0.1, 0.15) is 11.3 Å². The highest BCUT2D eigenvalue weighted by Gasteiger charge is 2.03. The highest BCUT2D eigenvalue weighted by atomic mass is 35.5. The Hall–Kier alpha value is -1.65. The van der Waals surface area contributed by atoms with E-state index in [2.05, 4.69) is 4.98 Å². The van der Waals surface area contributed by atoms with E-state index in [0.717, 1.165) is 11.3 Å². The van der Waals surface area contributed by atoms with Crippen molar-refractivity contribution in [2.24, 2.45) is 5.73 Å². The summed E-state index contributed by atoms with van der Waals surface area (Å²) in [5.41, 5.74) is 7.00. The fourth-order valence-corrected chi connectivity index (χ4v) is 1.79. The van der Waals surface area contributed by atoms with E-state index >= 15 is 0 Å². The largest absolute Gasteiger partial charge is 0.455 e. The first-order valence-corrected chi connectivity index (χ1v) is 6.05. The summed E-state index contributed by atoms with van der Waals surface area (Å²) >= 11 is 10.7. The lowest BCUT2D eigenvalue weighted by Crippen LogP contribution is -2.10. The number of hydrogen-bond acceptors (Lipinski definition) is 3. The van der Waals surface area contributed by atoms with E-state index in [0.29, 0.717) is 16.5 Å². The molecular weight excluding hydrogens is 268 g/mol. The summed E-state index contributed by atoms with van der Waals surface area (Å²) in [7, 11) is 0. The van der Waals surface area contributed by atoms with Crippen LogP contribution in [0.3, 0.4) is 0 Å². The van der Waals surface area contributed by atoms with Crippen molar-refractivity contribution in [3.63, 3.8) is 0 Å². The Kier molecular flexibility index (Phi) is 3.79. The van der Waals surface area contributed by atoms with Crippen molar-refractivity contribution in [2.75, 3.05) is 0 Å². The van der Waals surface area contributed by atoms with Gasteiger partial charge in [0.25, 0.3) is 0 Å². The Morgan fingerprint density at radius 3 is 2.67 bits per heavy atom. The second-order valence-corrected chi connectivity index (χ2v) is 4.63. The highest BCUT2D eigenvalue weighted by Crippen LogP contribution is 2.26. The Labute approximate surface area is 116 Å². The molecule has 5 heteroatoms. The van der Waals surface area contributed by atoms with Crippen LogP contribution in [0.4, 0.5) is 0 Å². The Bertz CT molecular complexity index is 584. The first-order chi connectivity index (χ1) is 8.56. The van der Waals surface area contributed by atoms with E-state index in [1.165, 1.54) is 0 Å². The molecule has 2 aromatic rings. The molecule has 0 amide bonds. The first-order valence-electron chi connectivity index (χ1n) is 5.26. The molecule has 92 valence electrons. The van der Waals surface area contributed by atoms with Gasteiger partial charge in [-0.05, 0) is 42.8 Å². The third-order valence-corrected chi connectivity index (χ3v) is 2.80. The van der Waals surface area contributed by atoms with Gasteiger partial charge < -0.3 is 10.5 Å². The maximum absolute atomic E-state index is 5.88. The number of aromatic nitrogens is 1. The molecule has 3 nitrogen and oxygen atoms in total. The molecule has 2 rings (SSSR count). The van der Waals surface area contributed by atoms with E-state index < -0.39 is 0 Å². The zero-order valence-electron chi connectivity index (χ0n) is 9.68. The summed E-state index contributed by atoms with van der Waals surface area (Å²) in [4.78, 5) is 4.37. The van der Waals surface area contributed by atoms with Crippen LogP contribution in [0.2, 0.25) is 5.02 Å². The van der Waals surface area contributed by atoms with Gasteiger partial charge in [0.2, 0.25) is 0 Å². The third-order valence-electron chi connectivity index (χ3n) is 2.35. The molecule has 1 heterocycles. The van der Waals surface area contributed by atoms with Gasteiger partial charge in [-0.25, -0.2) is 4.98 Å². The molecule has 0 unspecified atom stereocenters. The molecule has 0 aliphatic carbocycles. The molecule has 0 bridgehead atoms. The molecule has 0 saturated heterocycles. The summed E-state index contributed by atoms with van der Waals surface area (Å²) < 4.78 is 5.69. The molecule has 0 aliphatic heterocycles. The number of nitrogens with two attached hydrogens (primary N) is 1. The molecule has 0 spiro atoms. The number of rotatable bonds is 3. The third kappa shape index (κ3) is 2.97. The normalized spacial score (nSPS) is 10.1. The summed E-state index contributed by atoms with van der Waals surface area (Å²) in [5.74, 6) is 1.37. The van der Waals surface area contributed by atoms with Crippen molar-refractivity contribution < 1.29 is 4.74 Å². The van der Waals surface area contributed by atoms with Gasteiger partial charge in [0, 0.05) is 5.02 Å². The van der Waals surface area contributed by atoms with Gasteiger partial charge in [-0.1, -0.05) is 23.8 Å². The quantitative estimate of drug-likeness (QED) is 0.874. The van der Waals surface area contributed by atoms with Crippen molar-refractivity contribution in [3.8, 4) is 11.5 Å². The van der Waals surface area contributed by atoms with Crippen molar-refractivity contribution in [2.45, 2.75) is 6.92 Å². The minimum absolute atomic E-state index is 0.268. The van der Waals surface area contributed by atoms with Crippen molar-refractivity contribution in [1.82, 2.24) is 4.98 Å². The Morgan fingerprint density at radius 1 is 1.33 bits per heavy atom. The first kappa shape index (κ1) is 12.8. The summed E-state index contributed by atoms with van der Waals surface area (Å²) in [6.07, 6.45) is 1.59. The topological polar surface area (TPSA) is 48.1 Å². The smallest absolute Gasteiger partial charge is 0.145 e. The van der Waals surface area contributed by atoms with Gasteiger partial charge in [0.15, 0.2) is 0 Å². The van der Waals surface area contributed by atoms with Gasteiger partial charge in [-0.3, -0.25) is 0 Å². The number of halogens is 1. The number of pyridine rings is 1. The van der Waals surface area contributed by atoms with Crippen LogP contribution in [-0.4, -0.2) is 9.97 Å². The number of aryl methyl sites for hydroxylation is 1. The molecule has 2 N–H and O–H groups in total. The predicted molar refractivity (Wildman–Crippen MR) is 76.4 cm³/mol. The van der Waals surface area contributed by atoms with E-state index in [1.807, 2.05) is 19.1 Å². The van der Waals surface area contributed by atoms with Gasteiger partial charge in [0.1, 0.15) is 16.5 Å². The van der Waals surface area contributed by atoms with E-state index in [1.54, 1.807) is 24.4 Å². The summed E-state index contributed by atoms with van der Waals surface area (Å²) in [6.45, 7) is 1.93. The number of ether oxygens (including phenoxy) is 1. The van der Waals surface area contributed by atoms with Gasteiger partial charge in [0.05, 0.1) is 11.9 Å². The molecule has 18 heavy (non-hydrogen) atoms. The molecule has 1 aromatic carbocycles. The minimum Gasteiger partial charge on any atom is -0.455 e. The highest BCUT2D eigenvalue weighted by molar-refractivity contribution is 7.80. The fraction of sp³-hybridized carbons (Fsp3) is 0.0769. The second kappa shape index (κ2) is 5.33. The lowest BCUT2D eigenvalue weighted by atomic mass is 10.2. The number of benzene rings is 1. The zero-order valence-corrected chi connectivity index (χ0v) is 11.3. The average molecular weight is 279 g/mol. The van der Waals surface area contributed by atoms with Crippen molar-refractivity contribution in [1.29, 1.82) is 0 Å². The van der Waals surface area contributed by atoms with Gasteiger partial charge >= 0.3 is 0 Å². The fourth-order valence-electron chi connectivity index (χ4n) is 1.44. The maximum Gasteiger partial charge on any atom is 0.145 e. The van der Waals surface area contributed by atoms with Crippen LogP contribution >= 0.6 is 23.8 Å². The van der Waals surface area contributed by atoms with Crippen molar-refractivity contribution in [3.05, 3.63) is 52.8 Å². The van der Waals surface area contributed by atoms with Crippen LogP contribution in [-0.2, 0) is 0 Å². The standard InChI is InChI=1S/C13H11ClN2OS/c1-8-6-9(14)2-5-12(8)17-10-3-4-11(13(15)18)16-7-10/h2-7H,1H3,(H2,15,18). The van der Waals surface area contributed by atoms with E-state index in [9.17, 15) is 0 Å². The zero-order chi connectivity index (χ0) is 13.1. The second-order valence-electron chi connectivity index (χ2n) is 3.76. The van der Waals surface area contributed by atoms with Crippen LogP contribution in [0.25, 0.3) is 0 Å². The van der Waals surface area contributed by atoms with Crippen molar-refractivity contribution >= 4 is 28.8 Å². The molecule has 1 aromatic heterocycles. The molecule has 0 radical (unpaired) electrons. The van der Waals surface area contributed by atoms with Crippen LogP contribution in [0, 0.1) is 6.92 Å². The number of hydrogen-bond donors (Lipinski definition) is 1. The SMILES string of the molecule is Cc1cc(Cl)ccc1Oc1ccc(C(N)=S)nc1. The number of nitrogens with zero attached hydrogens (tertiary/aromatic N) is 1. The maximum atomic E-state index is 5.88. The Balaban J connectivity index is 2.21.